The SMILES string of the molecule is O=C(O)c1ccc2nc(CNN3C(=O)C(=Cc4cc(-c5cc(C(F)(F)F)cc(C(F)(F)F)c5)ccc4OCCN4CCOCC4)SC3=S)[nH]c2c1. The maximum Gasteiger partial charge on any atom is 0.416 e. The van der Waals surface area contributed by atoms with Crippen molar-refractivity contribution in [3.8, 4) is 16.9 Å². The minimum absolute atomic E-state index is 0.000719. The number of carbonyl (C=O) groups is 2. The molecule has 0 aliphatic carbocycles. The highest BCUT2D eigenvalue weighted by Gasteiger charge is 2.37. The van der Waals surface area contributed by atoms with Crippen LogP contribution in [-0.2, 0) is 28.4 Å². The van der Waals surface area contributed by atoms with Crippen LogP contribution in [0.15, 0.2) is 59.5 Å². The number of carboxylic acids is 1. The van der Waals surface area contributed by atoms with Crippen LogP contribution >= 0.6 is 24.0 Å². The van der Waals surface area contributed by atoms with Gasteiger partial charge in [-0.25, -0.2) is 20.2 Å². The largest absolute Gasteiger partial charge is 0.492 e. The van der Waals surface area contributed by atoms with Crippen molar-refractivity contribution in [1.82, 2.24) is 25.3 Å². The van der Waals surface area contributed by atoms with E-state index in [1.54, 1.807) is 6.07 Å². The number of halogens is 6. The highest BCUT2D eigenvalue weighted by atomic mass is 32.2. The molecular weight excluding hydrogens is 725 g/mol. The molecule has 0 radical (unpaired) electrons. The molecular formula is C33H27F6N5O5S2. The zero-order valence-electron chi connectivity index (χ0n) is 26.2. The number of nitrogens with one attached hydrogen (secondary N) is 2. The van der Waals surface area contributed by atoms with Crippen LogP contribution in [0.1, 0.15) is 32.9 Å². The van der Waals surface area contributed by atoms with Crippen LogP contribution in [0.4, 0.5) is 26.3 Å². The molecule has 268 valence electrons. The second-order valence-electron chi connectivity index (χ2n) is 11.4. The number of H-pyrrole nitrogens is 1. The lowest BCUT2D eigenvalue weighted by molar-refractivity contribution is -0.143. The average Bonchev–Trinajstić information content (AvgIpc) is 3.61. The van der Waals surface area contributed by atoms with E-state index in [1.807, 2.05) is 0 Å². The van der Waals surface area contributed by atoms with Gasteiger partial charge in [-0.2, -0.15) is 26.3 Å². The maximum atomic E-state index is 13.6. The van der Waals surface area contributed by atoms with E-state index in [0.717, 1.165) is 16.8 Å². The molecule has 6 rings (SSSR count). The van der Waals surface area contributed by atoms with Crippen molar-refractivity contribution in [3.63, 3.8) is 0 Å². The van der Waals surface area contributed by atoms with Crippen molar-refractivity contribution < 1.29 is 50.5 Å². The molecule has 3 N–H and O–H groups in total. The zero-order valence-corrected chi connectivity index (χ0v) is 27.9. The summed E-state index contributed by atoms with van der Waals surface area (Å²) in [5, 5.41) is 10.3. The van der Waals surface area contributed by atoms with Gasteiger partial charge in [0.25, 0.3) is 5.91 Å². The molecule has 18 heteroatoms. The third-order valence-corrected chi connectivity index (χ3v) is 9.26. The Balaban J connectivity index is 1.28. The number of rotatable bonds is 10. The normalized spacial score (nSPS) is 16.8. The molecule has 0 unspecified atom stereocenters. The zero-order chi connectivity index (χ0) is 36.5. The lowest BCUT2D eigenvalue weighted by Crippen LogP contribution is -2.40. The lowest BCUT2D eigenvalue weighted by Gasteiger charge is -2.26. The molecule has 51 heavy (non-hydrogen) atoms. The third-order valence-electron chi connectivity index (χ3n) is 7.96. The fourth-order valence-electron chi connectivity index (χ4n) is 5.38. The number of morpholine rings is 1. The summed E-state index contributed by atoms with van der Waals surface area (Å²) in [6, 6.07) is 9.86. The number of hydrogen-bond donors (Lipinski definition) is 3. The second kappa shape index (κ2) is 14.6. The summed E-state index contributed by atoms with van der Waals surface area (Å²) in [7, 11) is 0. The molecule has 3 aromatic carbocycles. The molecule has 10 nitrogen and oxygen atoms in total. The molecule has 3 heterocycles. The number of carbonyl (C=O) groups excluding carboxylic acids is 1. The smallest absolute Gasteiger partial charge is 0.416 e. The molecule has 2 saturated heterocycles. The number of alkyl halides is 6. The van der Waals surface area contributed by atoms with Crippen LogP contribution in [0.3, 0.4) is 0 Å². The van der Waals surface area contributed by atoms with Gasteiger partial charge in [-0.1, -0.05) is 30.0 Å². The Labute approximate surface area is 295 Å². The summed E-state index contributed by atoms with van der Waals surface area (Å²) in [6.07, 6.45) is -8.65. The van der Waals surface area contributed by atoms with Gasteiger partial charge in [0, 0.05) is 25.2 Å². The minimum Gasteiger partial charge on any atom is -0.492 e. The number of hydrazine groups is 1. The Hall–Kier alpha value is -4.49. The number of fused-ring (bicyclic) bond motifs is 1. The van der Waals surface area contributed by atoms with Crippen LogP contribution in [-0.4, -0.2) is 80.6 Å². The fourth-order valence-corrected chi connectivity index (χ4v) is 6.59. The standard InChI is InChI=1S/C33H27F6N5O5S2/c34-32(35,36)22-12-20(13-23(16-22)33(37,38)39)18-2-4-26(49-10-7-43-5-8-48-9-6-43)21(11-18)15-27-29(45)44(31(50)51-27)40-17-28-41-24-3-1-19(30(46)47)14-25(24)42-28/h1-4,11-16,40H,5-10,17H2,(H,41,42)(H,46,47). The van der Waals surface area contributed by atoms with Crippen molar-refractivity contribution >= 4 is 57.3 Å². The molecule has 4 aromatic rings. The molecule has 0 bridgehead atoms. The summed E-state index contributed by atoms with van der Waals surface area (Å²) >= 11 is 6.35. The summed E-state index contributed by atoms with van der Waals surface area (Å²) in [4.78, 5) is 34.4. The van der Waals surface area contributed by atoms with Gasteiger partial charge in [-0.3, -0.25) is 9.69 Å². The summed E-state index contributed by atoms with van der Waals surface area (Å²) in [6.45, 7) is 3.25. The van der Waals surface area contributed by atoms with Gasteiger partial charge < -0.3 is 19.6 Å². The van der Waals surface area contributed by atoms with Gasteiger partial charge in [-0.15, -0.1) is 0 Å². The van der Waals surface area contributed by atoms with Crippen molar-refractivity contribution in [3.05, 3.63) is 87.6 Å². The predicted octanol–water partition coefficient (Wildman–Crippen LogP) is 6.58. The van der Waals surface area contributed by atoms with Gasteiger partial charge in [-0.05, 0) is 65.7 Å². The second-order valence-corrected chi connectivity index (χ2v) is 13.1. The monoisotopic (exact) mass is 751 g/mol. The van der Waals surface area contributed by atoms with Gasteiger partial charge in [0.15, 0.2) is 4.32 Å². The van der Waals surface area contributed by atoms with Gasteiger partial charge >= 0.3 is 18.3 Å². The molecule has 2 fully saturated rings. The van der Waals surface area contributed by atoms with Crippen molar-refractivity contribution in [2.24, 2.45) is 0 Å². The van der Waals surface area contributed by atoms with E-state index in [2.05, 4.69) is 20.3 Å². The summed E-state index contributed by atoms with van der Waals surface area (Å²) in [5.41, 5.74) is 0.938. The highest BCUT2D eigenvalue weighted by Crippen LogP contribution is 2.40. The number of benzene rings is 3. The lowest BCUT2D eigenvalue weighted by atomic mass is 9.97. The van der Waals surface area contributed by atoms with Crippen LogP contribution in [0.25, 0.3) is 28.2 Å². The number of imidazole rings is 1. The number of aromatic nitrogens is 2. The van der Waals surface area contributed by atoms with Crippen LogP contribution in [0.2, 0.25) is 0 Å². The van der Waals surface area contributed by atoms with E-state index in [9.17, 15) is 41.0 Å². The third kappa shape index (κ3) is 8.53. The van der Waals surface area contributed by atoms with Gasteiger partial charge in [0.2, 0.25) is 0 Å². The number of aromatic amines is 1. The van der Waals surface area contributed by atoms with E-state index in [0.29, 0.717) is 61.8 Å². The van der Waals surface area contributed by atoms with Gasteiger partial charge in [0.05, 0.1) is 52.4 Å². The van der Waals surface area contributed by atoms with E-state index >= 15 is 0 Å². The molecule has 0 spiro atoms. The number of carboxylic acid groups (broad SMARTS) is 1. The molecule has 1 amide bonds. The number of nitrogens with zero attached hydrogens (tertiary/aromatic N) is 3. The predicted molar refractivity (Wildman–Crippen MR) is 180 cm³/mol. The molecule has 0 atom stereocenters. The van der Waals surface area contributed by atoms with Crippen LogP contribution < -0.4 is 10.2 Å². The van der Waals surface area contributed by atoms with E-state index in [-0.39, 0.29) is 56.4 Å². The van der Waals surface area contributed by atoms with E-state index in [4.69, 9.17) is 21.7 Å². The summed E-state index contributed by atoms with van der Waals surface area (Å²) in [5.74, 6) is -1.05. The molecule has 2 aliphatic heterocycles. The topological polar surface area (TPSA) is 120 Å². The maximum absolute atomic E-state index is 13.6. The van der Waals surface area contributed by atoms with Crippen LogP contribution in [0.5, 0.6) is 5.75 Å². The van der Waals surface area contributed by atoms with Crippen molar-refractivity contribution in [2.75, 3.05) is 39.5 Å². The Morgan fingerprint density at radius 3 is 2.39 bits per heavy atom. The number of ether oxygens (including phenoxy) is 2. The molecule has 0 saturated carbocycles. The Kier molecular flexibility index (Phi) is 10.4. The van der Waals surface area contributed by atoms with Crippen molar-refractivity contribution in [2.45, 2.75) is 18.9 Å². The average molecular weight is 752 g/mol. The van der Waals surface area contributed by atoms with E-state index in [1.165, 1.54) is 36.4 Å². The van der Waals surface area contributed by atoms with Crippen molar-refractivity contribution in [1.29, 1.82) is 0 Å². The van der Waals surface area contributed by atoms with Crippen LogP contribution in [0, 0.1) is 0 Å². The Bertz CT molecular complexity index is 1990. The number of aromatic carboxylic acids is 1. The first kappa shape index (κ1) is 36.3. The molecule has 2 aliphatic rings. The first-order valence-electron chi connectivity index (χ1n) is 15.3. The summed E-state index contributed by atoms with van der Waals surface area (Å²) < 4.78 is 93.4. The number of amides is 1. The number of thiocarbonyl (C=S) groups is 1. The Morgan fingerprint density at radius 1 is 1.02 bits per heavy atom. The quantitative estimate of drug-likeness (QED) is 0.0932. The first-order valence-corrected chi connectivity index (χ1v) is 16.5. The highest BCUT2D eigenvalue weighted by molar-refractivity contribution is 8.26. The Morgan fingerprint density at radius 2 is 1.73 bits per heavy atom. The number of thioether (sulfide) groups is 1. The fraction of sp³-hybridized carbons (Fsp3) is 0.273. The molecule has 1 aromatic heterocycles. The van der Waals surface area contributed by atoms with E-state index < -0.39 is 35.4 Å². The number of hydrogen-bond acceptors (Lipinski definition) is 9. The van der Waals surface area contributed by atoms with Gasteiger partial charge in [0.1, 0.15) is 18.2 Å². The first-order chi connectivity index (χ1) is 24.2. The minimum atomic E-state index is -5.04.